The molecule has 1 aliphatic rings. The van der Waals surface area contributed by atoms with Crippen LogP contribution in [0.1, 0.15) is 13.8 Å². The van der Waals surface area contributed by atoms with Crippen LogP contribution < -0.4 is 10.6 Å². The monoisotopic (exact) mass is 235 g/mol. The predicted molar refractivity (Wildman–Crippen MR) is 65.5 cm³/mol. The normalized spacial score (nSPS) is 19.6. The Balaban J connectivity index is 2.32. The zero-order chi connectivity index (χ0) is 12.6. The third kappa shape index (κ3) is 1.90. The van der Waals surface area contributed by atoms with Gasteiger partial charge in [0.2, 0.25) is 11.9 Å². The largest absolute Gasteiger partial charge is 0.396 e. The van der Waals surface area contributed by atoms with Gasteiger partial charge in [0.25, 0.3) is 0 Å². The highest BCUT2D eigenvalue weighted by Gasteiger charge is 2.41. The lowest BCUT2D eigenvalue weighted by Gasteiger charge is -2.44. The van der Waals surface area contributed by atoms with Crippen LogP contribution in [-0.4, -0.2) is 46.5 Å². The minimum atomic E-state index is -0.622. The molecule has 2 heterocycles. The maximum atomic E-state index is 12.1. The molecule has 0 saturated carbocycles. The number of nitrogen functional groups attached to an aromatic ring is 1. The van der Waals surface area contributed by atoms with E-state index in [0.717, 1.165) is 6.54 Å². The van der Waals surface area contributed by atoms with Crippen molar-refractivity contribution in [3.8, 4) is 0 Å². The molecule has 0 bridgehead atoms. The fourth-order valence-electron chi connectivity index (χ4n) is 2.03. The molecule has 0 aliphatic carbocycles. The van der Waals surface area contributed by atoms with Crippen LogP contribution in [0.3, 0.4) is 0 Å². The number of nitrogens with two attached hydrogens (primary N) is 1. The molecule has 0 spiro atoms. The van der Waals surface area contributed by atoms with Gasteiger partial charge < -0.3 is 15.5 Å². The van der Waals surface area contributed by atoms with E-state index in [2.05, 4.69) is 9.97 Å². The average Bonchev–Trinajstić information content (AvgIpc) is 2.28. The Bertz CT molecular complexity index is 428. The molecule has 1 aromatic heterocycles. The Morgan fingerprint density at radius 1 is 1.29 bits per heavy atom. The number of nitrogens with zero attached hydrogens (tertiary/aromatic N) is 4. The summed E-state index contributed by atoms with van der Waals surface area (Å²) in [7, 11) is 1.81. The lowest BCUT2D eigenvalue weighted by Crippen LogP contribution is -2.62. The highest BCUT2D eigenvalue weighted by molar-refractivity contribution is 5.89. The van der Waals surface area contributed by atoms with Gasteiger partial charge in [-0.15, -0.1) is 0 Å². The predicted octanol–water partition coefficient (Wildman–Crippen LogP) is 0.116. The third-order valence-corrected chi connectivity index (χ3v) is 3.10. The second-order valence-corrected chi connectivity index (χ2v) is 4.75. The summed E-state index contributed by atoms with van der Waals surface area (Å²) in [6, 6.07) is 0. The number of rotatable bonds is 1. The highest BCUT2D eigenvalue weighted by atomic mass is 16.2. The molecule has 17 heavy (non-hydrogen) atoms. The van der Waals surface area contributed by atoms with Crippen LogP contribution in [-0.2, 0) is 4.79 Å². The van der Waals surface area contributed by atoms with E-state index in [1.165, 1.54) is 0 Å². The molecule has 1 saturated heterocycles. The molecule has 1 amide bonds. The molecule has 0 unspecified atom stereocenters. The van der Waals surface area contributed by atoms with E-state index < -0.39 is 5.54 Å². The quantitative estimate of drug-likeness (QED) is 0.748. The van der Waals surface area contributed by atoms with E-state index in [0.29, 0.717) is 18.2 Å². The molecule has 92 valence electrons. The van der Waals surface area contributed by atoms with Gasteiger partial charge in [0.1, 0.15) is 5.54 Å². The average molecular weight is 235 g/mol. The minimum Gasteiger partial charge on any atom is -0.396 e. The standard InChI is InChI=1S/C11H17N5O/c1-11(2)9(17)15(3)4-5-16(11)10-13-6-8(12)7-14-10/h6-7H,4-5,12H2,1-3H3. The van der Waals surface area contributed by atoms with E-state index in [-0.39, 0.29) is 5.91 Å². The summed E-state index contributed by atoms with van der Waals surface area (Å²) < 4.78 is 0. The van der Waals surface area contributed by atoms with Crippen molar-refractivity contribution in [3.05, 3.63) is 12.4 Å². The zero-order valence-corrected chi connectivity index (χ0v) is 10.3. The Morgan fingerprint density at radius 3 is 2.47 bits per heavy atom. The second-order valence-electron chi connectivity index (χ2n) is 4.75. The molecule has 2 rings (SSSR count). The highest BCUT2D eigenvalue weighted by Crippen LogP contribution is 2.25. The molecule has 0 atom stereocenters. The molecule has 1 fully saturated rings. The van der Waals surface area contributed by atoms with Gasteiger partial charge >= 0.3 is 0 Å². The van der Waals surface area contributed by atoms with Crippen molar-refractivity contribution < 1.29 is 4.79 Å². The zero-order valence-electron chi connectivity index (χ0n) is 10.3. The van der Waals surface area contributed by atoms with E-state index in [1.54, 1.807) is 17.3 Å². The summed E-state index contributed by atoms with van der Waals surface area (Å²) in [6.45, 7) is 5.16. The number of hydrogen-bond donors (Lipinski definition) is 1. The Kier molecular flexibility index (Phi) is 2.65. The molecular formula is C11H17N5O. The number of piperazine rings is 1. The van der Waals surface area contributed by atoms with Crippen molar-refractivity contribution in [2.24, 2.45) is 0 Å². The first-order valence-corrected chi connectivity index (χ1v) is 5.53. The number of carbonyl (C=O) groups is 1. The number of carbonyl (C=O) groups excluding carboxylic acids is 1. The van der Waals surface area contributed by atoms with Crippen LogP contribution >= 0.6 is 0 Å². The van der Waals surface area contributed by atoms with Crippen LogP contribution in [0, 0.1) is 0 Å². The molecule has 1 aliphatic heterocycles. The number of aromatic nitrogens is 2. The Morgan fingerprint density at radius 2 is 1.88 bits per heavy atom. The van der Waals surface area contributed by atoms with E-state index in [4.69, 9.17) is 5.73 Å². The van der Waals surface area contributed by atoms with Crippen LogP contribution in [0.25, 0.3) is 0 Å². The minimum absolute atomic E-state index is 0.0733. The lowest BCUT2D eigenvalue weighted by atomic mass is 9.98. The first-order valence-electron chi connectivity index (χ1n) is 5.53. The summed E-state index contributed by atoms with van der Waals surface area (Å²) >= 11 is 0. The van der Waals surface area contributed by atoms with Crippen molar-refractivity contribution in [2.45, 2.75) is 19.4 Å². The van der Waals surface area contributed by atoms with E-state index >= 15 is 0 Å². The van der Waals surface area contributed by atoms with Crippen LogP contribution in [0.4, 0.5) is 11.6 Å². The molecule has 0 radical (unpaired) electrons. The SMILES string of the molecule is CN1CCN(c2ncc(N)cn2)C(C)(C)C1=O. The molecule has 6 nitrogen and oxygen atoms in total. The molecule has 2 N–H and O–H groups in total. The molecule has 6 heteroatoms. The third-order valence-electron chi connectivity index (χ3n) is 3.10. The van der Waals surface area contributed by atoms with Crippen LogP contribution in [0.5, 0.6) is 0 Å². The summed E-state index contributed by atoms with van der Waals surface area (Å²) in [6.07, 6.45) is 3.11. The Labute approximate surface area is 100 Å². The number of likely N-dealkylation sites (N-methyl/N-ethyl adjacent to an activating group) is 1. The number of anilines is 2. The molecule has 1 aromatic rings. The Hall–Kier alpha value is -1.85. The summed E-state index contributed by atoms with van der Waals surface area (Å²) in [5.41, 5.74) is 5.45. The van der Waals surface area contributed by atoms with E-state index in [9.17, 15) is 4.79 Å². The summed E-state index contributed by atoms with van der Waals surface area (Å²) in [5, 5.41) is 0. The number of hydrogen-bond acceptors (Lipinski definition) is 5. The van der Waals surface area contributed by atoms with Crippen LogP contribution in [0.15, 0.2) is 12.4 Å². The van der Waals surface area contributed by atoms with Crippen molar-refractivity contribution in [1.82, 2.24) is 14.9 Å². The van der Waals surface area contributed by atoms with Gasteiger partial charge in [-0.3, -0.25) is 4.79 Å². The van der Waals surface area contributed by atoms with Crippen molar-refractivity contribution in [2.75, 3.05) is 30.8 Å². The smallest absolute Gasteiger partial charge is 0.247 e. The maximum absolute atomic E-state index is 12.1. The summed E-state index contributed by atoms with van der Waals surface area (Å²) in [5.74, 6) is 0.620. The first-order chi connectivity index (χ1) is 7.93. The maximum Gasteiger partial charge on any atom is 0.247 e. The second kappa shape index (κ2) is 3.87. The number of amides is 1. The first kappa shape index (κ1) is 11.6. The van der Waals surface area contributed by atoms with Crippen LogP contribution in [0.2, 0.25) is 0 Å². The summed E-state index contributed by atoms with van der Waals surface area (Å²) in [4.78, 5) is 24.1. The van der Waals surface area contributed by atoms with Gasteiger partial charge in [-0.05, 0) is 13.8 Å². The van der Waals surface area contributed by atoms with E-state index in [1.807, 2.05) is 25.8 Å². The van der Waals surface area contributed by atoms with Crippen molar-refractivity contribution in [1.29, 1.82) is 0 Å². The van der Waals surface area contributed by atoms with Gasteiger partial charge in [-0.25, -0.2) is 9.97 Å². The fraction of sp³-hybridized carbons (Fsp3) is 0.545. The van der Waals surface area contributed by atoms with Gasteiger partial charge in [0.05, 0.1) is 18.1 Å². The van der Waals surface area contributed by atoms with Crippen molar-refractivity contribution in [3.63, 3.8) is 0 Å². The van der Waals surface area contributed by atoms with Gasteiger partial charge in [-0.2, -0.15) is 0 Å². The fourth-order valence-corrected chi connectivity index (χ4v) is 2.03. The van der Waals surface area contributed by atoms with Crippen molar-refractivity contribution >= 4 is 17.5 Å². The molecular weight excluding hydrogens is 218 g/mol. The van der Waals surface area contributed by atoms with Gasteiger partial charge in [-0.1, -0.05) is 0 Å². The molecule has 0 aromatic carbocycles. The topological polar surface area (TPSA) is 75.3 Å². The van der Waals surface area contributed by atoms with Gasteiger partial charge in [0.15, 0.2) is 0 Å². The lowest BCUT2D eigenvalue weighted by molar-refractivity contribution is -0.136. The van der Waals surface area contributed by atoms with Gasteiger partial charge in [0, 0.05) is 20.1 Å².